The lowest BCUT2D eigenvalue weighted by atomic mass is 9.85. The zero-order valence-electron chi connectivity index (χ0n) is 19.2. The van der Waals surface area contributed by atoms with Gasteiger partial charge in [-0.1, -0.05) is 22.8 Å². The van der Waals surface area contributed by atoms with Gasteiger partial charge in [0.15, 0.2) is 0 Å². The highest BCUT2D eigenvalue weighted by Crippen LogP contribution is 2.50. The fraction of sp³-hybridized carbons (Fsp3) is 0.348. The second-order valence-electron chi connectivity index (χ2n) is 8.78. The molecule has 2 heterocycles. The summed E-state index contributed by atoms with van der Waals surface area (Å²) >= 11 is 5.66. The van der Waals surface area contributed by atoms with Crippen LogP contribution in [0, 0.1) is 0 Å². The molecular weight excluding hydrogens is 573 g/mol. The van der Waals surface area contributed by atoms with Crippen molar-refractivity contribution in [2.75, 3.05) is 13.2 Å². The normalized spacial score (nSPS) is 20.1. The van der Waals surface area contributed by atoms with Crippen LogP contribution in [0.15, 0.2) is 41.6 Å². The number of halogens is 10. The number of hydrogen-bond donors (Lipinski definition) is 1. The molecule has 16 heteroatoms. The summed E-state index contributed by atoms with van der Waals surface area (Å²) < 4.78 is 123. The lowest BCUT2D eigenvalue weighted by Crippen LogP contribution is -2.43. The van der Waals surface area contributed by atoms with E-state index in [9.17, 15) is 49.1 Å². The van der Waals surface area contributed by atoms with Crippen LogP contribution in [0.5, 0.6) is 0 Å². The highest BCUT2D eigenvalue weighted by molar-refractivity contribution is 6.30. The van der Waals surface area contributed by atoms with Gasteiger partial charge in [0.1, 0.15) is 6.54 Å². The molecule has 2 aromatic rings. The number of rotatable bonds is 4. The maximum atomic E-state index is 14.3. The zero-order chi connectivity index (χ0) is 29.0. The number of amides is 2. The second kappa shape index (κ2) is 9.61. The summed E-state index contributed by atoms with van der Waals surface area (Å²) in [5, 5.41) is 5.02. The van der Waals surface area contributed by atoms with E-state index >= 15 is 0 Å². The summed E-state index contributed by atoms with van der Waals surface area (Å²) in [4.78, 5) is 29.8. The lowest BCUT2D eigenvalue weighted by Gasteiger charge is -2.30. The Kier molecular flexibility index (Phi) is 7.02. The molecule has 0 radical (unpaired) electrons. The van der Waals surface area contributed by atoms with Crippen molar-refractivity contribution in [3.63, 3.8) is 0 Å². The number of hydrogen-bond acceptors (Lipinski definition) is 4. The molecule has 1 fully saturated rings. The van der Waals surface area contributed by atoms with Crippen molar-refractivity contribution < 1.29 is 53.9 Å². The summed E-state index contributed by atoms with van der Waals surface area (Å²) in [5.41, 5.74) is -7.78. The van der Waals surface area contributed by atoms with Gasteiger partial charge in [0.2, 0.25) is 5.91 Å². The Bertz CT molecular complexity index is 1360. The van der Waals surface area contributed by atoms with E-state index in [2.05, 4.69) is 15.3 Å². The Morgan fingerprint density at radius 1 is 1.05 bits per heavy atom. The minimum atomic E-state index is -5.33. The Morgan fingerprint density at radius 2 is 1.74 bits per heavy atom. The third-order valence-electron chi connectivity index (χ3n) is 6.03. The third-order valence-corrected chi connectivity index (χ3v) is 6.24. The van der Waals surface area contributed by atoms with E-state index in [0.717, 1.165) is 23.1 Å². The van der Waals surface area contributed by atoms with Crippen molar-refractivity contribution in [1.29, 1.82) is 0 Å². The van der Waals surface area contributed by atoms with E-state index in [-0.39, 0.29) is 18.3 Å². The molecule has 1 saturated heterocycles. The van der Waals surface area contributed by atoms with E-state index in [1.54, 1.807) is 0 Å². The first-order valence-corrected chi connectivity index (χ1v) is 11.2. The predicted octanol–water partition coefficient (Wildman–Crippen LogP) is 5.58. The number of benzene rings is 2. The first-order valence-electron chi connectivity index (χ1n) is 10.9. The smallest absolute Gasteiger partial charge is 0.374 e. The van der Waals surface area contributed by atoms with Crippen molar-refractivity contribution in [2.45, 2.75) is 37.0 Å². The van der Waals surface area contributed by atoms with Crippen molar-refractivity contribution >= 4 is 29.1 Å². The van der Waals surface area contributed by atoms with Crippen molar-refractivity contribution in [2.24, 2.45) is 5.16 Å². The Balaban J connectivity index is 1.73. The first kappa shape index (κ1) is 28.5. The van der Waals surface area contributed by atoms with Gasteiger partial charge in [-0.15, -0.1) is 0 Å². The largest absolute Gasteiger partial charge is 0.435 e. The molecule has 2 aliphatic heterocycles. The summed E-state index contributed by atoms with van der Waals surface area (Å²) in [5.74, 6) is -1.46. The Morgan fingerprint density at radius 3 is 2.31 bits per heavy atom. The highest BCUT2D eigenvalue weighted by atomic mass is 35.5. The minimum absolute atomic E-state index is 0.208. The van der Waals surface area contributed by atoms with Crippen LogP contribution in [0.3, 0.4) is 0 Å². The van der Waals surface area contributed by atoms with Gasteiger partial charge in [0, 0.05) is 22.6 Å². The summed E-state index contributed by atoms with van der Waals surface area (Å²) in [7, 11) is 0. The van der Waals surface area contributed by atoms with Gasteiger partial charge in [0.05, 0.1) is 24.4 Å². The number of carbonyl (C=O) groups excluding carboxylic acids is 2. The standard InChI is InChI=1S/C23H15ClF9N3O3/c24-15-5-13(4-14(6-15)22(28,29)30)20(23(31,32)33)8-17(35-39-20)11-1-2-16(12(3-11)7-21(25,26)27)19(38)36-9-18(37)34-10-36/h1-6H,7-10H2,(H,34,37). The van der Waals surface area contributed by atoms with Crippen molar-refractivity contribution in [3.8, 4) is 0 Å². The van der Waals surface area contributed by atoms with Crippen molar-refractivity contribution in [1.82, 2.24) is 10.2 Å². The lowest BCUT2D eigenvalue weighted by molar-refractivity contribution is -0.276. The fourth-order valence-corrected chi connectivity index (χ4v) is 4.41. The van der Waals surface area contributed by atoms with Gasteiger partial charge in [-0.3, -0.25) is 9.59 Å². The maximum absolute atomic E-state index is 14.3. The van der Waals surface area contributed by atoms with Crippen LogP contribution in [0.1, 0.15) is 39.0 Å². The molecule has 39 heavy (non-hydrogen) atoms. The molecule has 0 aromatic heterocycles. The van der Waals surface area contributed by atoms with Crippen LogP contribution < -0.4 is 5.32 Å². The Labute approximate surface area is 218 Å². The molecule has 2 aromatic carbocycles. The number of oxime groups is 1. The molecule has 0 aliphatic carbocycles. The molecule has 0 spiro atoms. The quantitative estimate of drug-likeness (QED) is 0.475. The van der Waals surface area contributed by atoms with Gasteiger partial charge >= 0.3 is 18.5 Å². The molecule has 0 bridgehead atoms. The van der Waals surface area contributed by atoms with Crippen LogP contribution in [0.4, 0.5) is 39.5 Å². The molecule has 1 atom stereocenters. The fourth-order valence-electron chi connectivity index (χ4n) is 4.17. The molecule has 1 N–H and O–H groups in total. The third kappa shape index (κ3) is 5.77. The average molecular weight is 588 g/mol. The molecule has 2 aliphatic rings. The summed E-state index contributed by atoms with van der Waals surface area (Å²) in [6.07, 6.45) is -18.0. The molecule has 210 valence electrons. The molecular formula is C23H15ClF9N3O3. The molecule has 4 rings (SSSR count). The van der Waals surface area contributed by atoms with E-state index in [4.69, 9.17) is 11.6 Å². The molecule has 0 saturated carbocycles. The monoisotopic (exact) mass is 587 g/mol. The van der Waals surface area contributed by atoms with Crippen molar-refractivity contribution in [3.05, 3.63) is 69.2 Å². The zero-order valence-corrected chi connectivity index (χ0v) is 19.9. The van der Waals surface area contributed by atoms with Gasteiger partial charge in [-0.2, -0.15) is 39.5 Å². The minimum Gasteiger partial charge on any atom is -0.374 e. The molecule has 2 amide bonds. The number of alkyl halides is 9. The average Bonchev–Trinajstić information content (AvgIpc) is 3.44. The highest BCUT2D eigenvalue weighted by Gasteiger charge is 2.62. The Hall–Kier alpha value is -3.49. The second-order valence-corrected chi connectivity index (χ2v) is 9.22. The van der Waals surface area contributed by atoms with Crippen LogP contribution in [0.2, 0.25) is 5.02 Å². The molecule has 1 unspecified atom stereocenters. The van der Waals surface area contributed by atoms with E-state index in [0.29, 0.717) is 12.1 Å². The van der Waals surface area contributed by atoms with Crippen LogP contribution >= 0.6 is 11.6 Å². The van der Waals surface area contributed by atoms with E-state index < -0.39 is 88.3 Å². The number of carbonyl (C=O) groups is 2. The summed E-state index contributed by atoms with van der Waals surface area (Å²) in [6.45, 7) is -0.653. The van der Waals surface area contributed by atoms with Gasteiger partial charge in [0.25, 0.3) is 11.5 Å². The van der Waals surface area contributed by atoms with E-state index in [1.165, 1.54) is 0 Å². The van der Waals surface area contributed by atoms with Gasteiger partial charge in [-0.25, -0.2) is 0 Å². The van der Waals surface area contributed by atoms with E-state index in [1.807, 2.05) is 0 Å². The maximum Gasteiger partial charge on any atom is 0.435 e. The van der Waals surface area contributed by atoms with Crippen LogP contribution in [-0.2, 0) is 27.8 Å². The van der Waals surface area contributed by atoms with Crippen LogP contribution in [-0.4, -0.2) is 48.0 Å². The topological polar surface area (TPSA) is 71.0 Å². The first-order chi connectivity index (χ1) is 17.9. The molecule has 6 nitrogen and oxygen atoms in total. The predicted molar refractivity (Wildman–Crippen MR) is 117 cm³/mol. The summed E-state index contributed by atoms with van der Waals surface area (Å²) in [6, 6.07) is 4.05. The number of nitrogens with one attached hydrogen (secondary N) is 1. The van der Waals surface area contributed by atoms with Crippen LogP contribution in [0.25, 0.3) is 0 Å². The van der Waals surface area contributed by atoms with Gasteiger partial charge in [-0.05, 0) is 41.5 Å². The SMILES string of the molecule is O=C1CN(C(=O)c2ccc(C3=NOC(c4cc(Cl)cc(C(F)(F)F)c4)(C(F)(F)F)C3)cc2CC(F)(F)F)CN1. The number of nitrogens with zero attached hydrogens (tertiary/aromatic N) is 2. The van der Waals surface area contributed by atoms with Gasteiger partial charge < -0.3 is 15.1 Å².